The second kappa shape index (κ2) is 5.71. The van der Waals surface area contributed by atoms with Crippen LogP contribution in [0.4, 0.5) is 5.69 Å². The molecule has 2 N–H and O–H groups in total. The van der Waals surface area contributed by atoms with E-state index < -0.39 is 0 Å². The Morgan fingerprint density at radius 1 is 1.38 bits per heavy atom. The third kappa shape index (κ3) is 2.70. The summed E-state index contributed by atoms with van der Waals surface area (Å²) < 4.78 is 1.64. The maximum absolute atomic E-state index is 12.3. The van der Waals surface area contributed by atoms with Gasteiger partial charge >= 0.3 is 0 Å². The molecule has 21 heavy (non-hydrogen) atoms. The molecule has 2 aromatic rings. The number of para-hydroxylation sites is 1. The summed E-state index contributed by atoms with van der Waals surface area (Å²) >= 11 is 6.25. The number of carbonyl (C=O) groups is 1. The predicted octanol–water partition coefficient (Wildman–Crippen LogP) is 2.38. The monoisotopic (exact) mass is 302 g/mol. The smallest absolute Gasteiger partial charge is 0.251 e. The lowest BCUT2D eigenvalue weighted by atomic mass is 10.0. The van der Waals surface area contributed by atoms with Gasteiger partial charge in [0.1, 0.15) is 5.69 Å². The lowest BCUT2D eigenvalue weighted by molar-refractivity contribution is -0.112. The van der Waals surface area contributed by atoms with E-state index >= 15 is 0 Å². The van der Waals surface area contributed by atoms with Crippen molar-refractivity contribution >= 4 is 23.2 Å². The number of amides is 1. The molecule has 0 atom stereocenters. The third-order valence-corrected chi connectivity index (χ3v) is 3.82. The summed E-state index contributed by atoms with van der Waals surface area (Å²) in [6.45, 7) is 3.39. The number of nitrogens with one attached hydrogen (secondary N) is 2. The van der Waals surface area contributed by atoms with Gasteiger partial charge in [-0.3, -0.25) is 4.79 Å². The van der Waals surface area contributed by atoms with E-state index in [2.05, 4.69) is 15.7 Å². The maximum atomic E-state index is 12.3. The molecule has 1 saturated heterocycles. The fraction of sp³-hybridized carbons (Fsp3) is 0.200. The lowest BCUT2D eigenvalue weighted by Crippen LogP contribution is -2.36. The Bertz CT molecular complexity index is 700. The van der Waals surface area contributed by atoms with Crippen molar-refractivity contribution in [3.8, 4) is 5.69 Å². The lowest BCUT2D eigenvalue weighted by Gasteiger charge is -2.22. The van der Waals surface area contributed by atoms with Crippen LogP contribution in [0.15, 0.2) is 47.8 Å². The average molecular weight is 303 g/mol. The summed E-state index contributed by atoms with van der Waals surface area (Å²) in [5.41, 5.74) is 3.20. The number of hydrogen-bond donors (Lipinski definition) is 2. The van der Waals surface area contributed by atoms with Gasteiger partial charge in [0.05, 0.1) is 10.7 Å². The van der Waals surface area contributed by atoms with Crippen molar-refractivity contribution in [3.63, 3.8) is 0 Å². The van der Waals surface area contributed by atoms with Gasteiger partial charge in [0.2, 0.25) is 0 Å². The summed E-state index contributed by atoms with van der Waals surface area (Å²) in [4.78, 5) is 12.3. The fourth-order valence-corrected chi connectivity index (χ4v) is 2.40. The topological polar surface area (TPSA) is 59.0 Å². The molecule has 0 bridgehead atoms. The van der Waals surface area contributed by atoms with E-state index in [1.807, 2.05) is 19.1 Å². The van der Waals surface area contributed by atoms with E-state index in [0.717, 1.165) is 24.2 Å². The van der Waals surface area contributed by atoms with Crippen LogP contribution in [0.1, 0.15) is 6.92 Å². The third-order valence-electron chi connectivity index (χ3n) is 3.52. The largest absolute Gasteiger partial charge is 0.320 e. The van der Waals surface area contributed by atoms with E-state index in [0.29, 0.717) is 16.4 Å². The molecule has 1 aromatic carbocycles. The molecule has 1 aromatic heterocycles. The zero-order valence-corrected chi connectivity index (χ0v) is 12.3. The SMILES string of the molecule is CC(C(=O)Nc1cccc(Cl)c1-n1cccn1)=C1CNC1. The highest BCUT2D eigenvalue weighted by Crippen LogP contribution is 2.28. The first-order valence-electron chi connectivity index (χ1n) is 6.66. The molecule has 0 spiro atoms. The minimum atomic E-state index is -0.109. The zero-order chi connectivity index (χ0) is 14.8. The number of halogens is 1. The Kier molecular flexibility index (Phi) is 3.77. The molecule has 108 valence electrons. The number of nitrogens with zero attached hydrogens (tertiary/aromatic N) is 2. The van der Waals surface area contributed by atoms with Crippen LogP contribution in [-0.2, 0) is 4.79 Å². The predicted molar refractivity (Wildman–Crippen MR) is 82.8 cm³/mol. The first-order chi connectivity index (χ1) is 10.2. The van der Waals surface area contributed by atoms with E-state index in [-0.39, 0.29) is 5.91 Å². The number of benzene rings is 1. The second-order valence-corrected chi connectivity index (χ2v) is 5.28. The molecule has 0 aliphatic carbocycles. The molecule has 6 heteroatoms. The van der Waals surface area contributed by atoms with Crippen molar-refractivity contribution in [2.24, 2.45) is 0 Å². The quantitative estimate of drug-likeness (QED) is 0.856. The van der Waals surface area contributed by atoms with Gasteiger partial charge in [-0.25, -0.2) is 4.68 Å². The Balaban J connectivity index is 1.93. The zero-order valence-electron chi connectivity index (χ0n) is 11.6. The molecule has 0 saturated carbocycles. The minimum absolute atomic E-state index is 0.109. The normalized spacial score (nSPS) is 13.7. The molecule has 1 amide bonds. The van der Waals surface area contributed by atoms with Crippen LogP contribution in [0.25, 0.3) is 5.69 Å². The van der Waals surface area contributed by atoms with Crippen molar-refractivity contribution < 1.29 is 4.79 Å². The van der Waals surface area contributed by atoms with E-state index in [4.69, 9.17) is 11.6 Å². The van der Waals surface area contributed by atoms with Crippen LogP contribution in [0.5, 0.6) is 0 Å². The van der Waals surface area contributed by atoms with Crippen LogP contribution < -0.4 is 10.6 Å². The summed E-state index contributed by atoms with van der Waals surface area (Å²) in [7, 11) is 0. The van der Waals surface area contributed by atoms with Gasteiger partial charge in [-0.1, -0.05) is 17.7 Å². The van der Waals surface area contributed by atoms with Gasteiger partial charge in [-0.2, -0.15) is 5.10 Å². The first-order valence-corrected chi connectivity index (χ1v) is 7.04. The van der Waals surface area contributed by atoms with Gasteiger partial charge in [0.15, 0.2) is 0 Å². The Morgan fingerprint density at radius 3 is 2.81 bits per heavy atom. The minimum Gasteiger partial charge on any atom is -0.320 e. The van der Waals surface area contributed by atoms with Crippen LogP contribution in [0, 0.1) is 0 Å². The van der Waals surface area contributed by atoms with Crippen LogP contribution in [0.2, 0.25) is 5.02 Å². The van der Waals surface area contributed by atoms with E-state index in [9.17, 15) is 4.79 Å². The average Bonchev–Trinajstić information content (AvgIpc) is 2.90. The van der Waals surface area contributed by atoms with Crippen LogP contribution in [-0.4, -0.2) is 28.8 Å². The van der Waals surface area contributed by atoms with Crippen molar-refractivity contribution in [1.82, 2.24) is 15.1 Å². The maximum Gasteiger partial charge on any atom is 0.251 e. The highest BCUT2D eigenvalue weighted by atomic mass is 35.5. The van der Waals surface area contributed by atoms with Crippen molar-refractivity contribution in [2.75, 3.05) is 18.4 Å². The molecule has 5 nitrogen and oxygen atoms in total. The number of carbonyl (C=O) groups excluding carboxylic acids is 1. The number of anilines is 1. The molecule has 0 unspecified atom stereocenters. The van der Waals surface area contributed by atoms with Gasteiger partial charge < -0.3 is 10.6 Å². The molecular formula is C15H15ClN4O. The van der Waals surface area contributed by atoms with Gasteiger partial charge in [-0.15, -0.1) is 0 Å². The highest BCUT2D eigenvalue weighted by molar-refractivity contribution is 6.33. The Morgan fingerprint density at radius 2 is 2.19 bits per heavy atom. The molecule has 1 aliphatic heterocycles. The molecule has 0 radical (unpaired) electrons. The molecular weight excluding hydrogens is 288 g/mol. The second-order valence-electron chi connectivity index (χ2n) is 4.87. The van der Waals surface area contributed by atoms with Gasteiger partial charge in [0, 0.05) is 31.1 Å². The number of aromatic nitrogens is 2. The van der Waals surface area contributed by atoms with Crippen molar-refractivity contribution in [3.05, 3.63) is 52.8 Å². The summed E-state index contributed by atoms with van der Waals surface area (Å²) in [5.74, 6) is -0.109. The summed E-state index contributed by atoms with van der Waals surface area (Å²) in [6, 6.07) is 7.20. The standard InChI is InChI=1S/C15H15ClN4O/c1-10(11-8-17-9-11)15(21)19-13-5-2-4-12(16)14(13)20-7-3-6-18-20/h2-7,17H,8-9H2,1H3,(H,19,21). The number of hydrogen-bond acceptors (Lipinski definition) is 3. The summed E-state index contributed by atoms with van der Waals surface area (Å²) in [6.07, 6.45) is 3.46. The molecule has 1 fully saturated rings. The number of rotatable bonds is 3. The molecule has 3 rings (SSSR count). The van der Waals surface area contributed by atoms with Crippen LogP contribution in [0.3, 0.4) is 0 Å². The van der Waals surface area contributed by atoms with Crippen LogP contribution >= 0.6 is 11.6 Å². The van der Waals surface area contributed by atoms with E-state index in [1.165, 1.54) is 0 Å². The highest BCUT2D eigenvalue weighted by Gasteiger charge is 2.18. The molecule has 1 aliphatic rings. The summed E-state index contributed by atoms with van der Waals surface area (Å²) in [5, 5.41) is 10.8. The Labute approximate surface area is 127 Å². The van der Waals surface area contributed by atoms with Crippen molar-refractivity contribution in [2.45, 2.75) is 6.92 Å². The van der Waals surface area contributed by atoms with Gasteiger partial charge in [0.25, 0.3) is 5.91 Å². The first kappa shape index (κ1) is 13.9. The van der Waals surface area contributed by atoms with Crippen molar-refractivity contribution in [1.29, 1.82) is 0 Å². The fourth-order valence-electron chi connectivity index (χ4n) is 2.14. The Hall–Kier alpha value is -2.11. The molecule has 2 heterocycles. The van der Waals surface area contributed by atoms with E-state index in [1.54, 1.807) is 29.2 Å². The van der Waals surface area contributed by atoms with Gasteiger partial charge in [-0.05, 0) is 30.7 Å².